The number of aromatic carboxylic acids is 1. The van der Waals surface area contributed by atoms with Crippen molar-refractivity contribution < 1.29 is 14.6 Å². The number of halogens is 1. The lowest BCUT2D eigenvalue weighted by atomic mass is 10.3. The van der Waals surface area contributed by atoms with Gasteiger partial charge in [0.05, 0.1) is 5.69 Å². The molecule has 0 aliphatic carbocycles. The average Bonchev–Trinajstić information content (AvgIpc) is 2.75. The van der Waals surface area contributed by atoms with E-state index in [1.54, 1.807) is 0 Å². The number of rotatable bonds is 4. The molecule has 88 valence electrons. The van der Waals surface area contributed by atoms with Crippen molar-refractivity contribution in [1.29, 1.82) is 0 Å². The predicted molar refractivity (Wildman–Crippen MR) is 64.0 cm³/mol. The molecule has 2 aromatic rings. The summed E-state index contributed by atoms with van der Waals surface area (Å²) in [4.78, 5) is 10.6. The third-order valence-electron chi connectivity index (χ3n) is 2.04. The zero-order valence-electron chi connectivity index (χ0n) is 8.68. The van der Waals surface area contributed by atoms with Crippen LogP contribution in [0.3, 0.4) is 0 Å². The third kappa shape index (κ3) is 3.07. The minimum Gasteiger partial charge on any atom is -0.487 e. The van der Waals surface area contributed by atoms with E-state index in [0.717, 1.165) is 4.47 Å². The molecule has 0 saturated heterocycles. The van der Waals surface area contributed by atoms with Gasteiger partial charge in [0, 0.05) is 4.47 Å². The minimum absolute atomic E-state index is 0.0159. The molecule has 2 rings (SSSR count). The topological polar surface area (TPSA) is 75.2 Å². The molecule has 0 fully saturated rings. The summed E-state index contributed by atoms with van der Waals surface area (Å²) in [7, 11) is 0. The maximum absolute atomic E-state index is 10.6. The van der Waals surface area contributed by atoms with Crippen molar-refractivity contribution in [3.05, 3.63) is 46.2 Å². The van der Waals surface area contributed by atoms with Crippen LogP contribution in [0.15, 0.2) is 34.8 Å². The van der Waals surface area contributed by atoms with Gasteiger partial charge in [-0.2, -0.15) is 5.10 Å². The lowest BCUT2D eigenvalue weighted by molar-refractivity contribution is 0.0690. The molecule has 0 amide bonds. The Kier molecular flexibility index (Phi) is 3.43. The molecule has 1 heterocycles. The van der Waals surface area contributed by atoms with Crippen LogP contribution >= 0.6 is 15.9 Å². The zero-order valence-corrected chi connectivity index (χ0v) is 10.3. The van der Waals surface area contributed by atoms with Crippen molar-refractivity contribution in [1.82, 2.24) is 10.2 Å². The number of aromatic amines is 1. The third-order valence-corrected chi connectivity index (χ3v) is 2.53. The van der Waals surface area contributed by atoms with Gasteiger partial charge in [0.1, 0.15) is 12.4 Å². The molecule has 0 spiro atoms. The lowest BCUT2D eigenvalue weighted by Gasteiger charge is -2.04. The summed E-state index contributed by atoms with van der Waals surface area (Å²) in [6.45, 7) is 0.247. The van der Waals surface area contributed by atoms with Crippen molar-refractivity contribution in [2.75, 3.05) is 0 Å². The maximum Gasteiger partial charge on any atom is 0.356 e. The second-order valence-electron chi connectivity index (χ2n) is 3.33. The van der Waals surface area contributed by atoms with E-state index >= 15 is 0 Å². The minimum atomic E-state index is -1.06. The number of carbonyl (C=O) groups is 1. The summed E-state index contributed by atoms with van der Waals surface area (Å²) in [6, 6.07) is 8.84. The Morgan fingerprint density at radius 1 is 1.47 bits per heavy atom. The molecule has 0 radical (unpaired) electrons. The number of carboxylic acids is 1. The van der Waals surface area contributed by atoms with Crippen molar-refractivity contribution in [2.24, 2.45) is 0 Å². The normalized spacial score (nSPS) is 10.2. The number of ether oxygens (including phenoxy) is 1. The quantitative estimate of drug-likeness (QED) is 0.909. The highest BCUT2D eigenvalue weighted by atomic mass is 79.9. The molecule has 0 bridgehead atoms. The Labute approximate surface area is 106 Å². The maximum atomic E-state index is 10.6. The van der Waals surface area contributed by atoms with Crippen LogP contribution in [0.1, 0.15) is 16.2 Å². The first kappa shape index (κ1) is 11.7. The second-order valence-corrected chi connectivity index (χ2v) is 4.25. The van der Waals surface area contributed by atoms with Crippen LogP contribution in [-0.4, -0.2) is 21.3 Å². The Hall–Kier alpha value is -1.82. The monoisotopic (exact) mass is 296 g/mol. The van der Waals surface area contributed by atoms with Crippen LogP contribution in [0.2, 0.25) is 0 Å². The van der Waals surface area contributed by atoms with Gasteiger partial charge in [0.15, 0.2) is 5.69 Å². The Morgan fingerprint density at radius 2 is 2.29 bits per heavy atom. The molecule has 17 heavy (non-hydrogen) atoms. The van der Waals surface area contributed by atoms with Crippen molar-refractivity contribution in [3.63, 3.8) is 0 Å². The van der Waals surface area contributed by atoms with E-state index in [1.807, 2.05) is 24.3 Å². The second kappa shape index (κ2) is 5.01. The average molecular weight is 297 g/mol. The summed E-state index contributed by atoms with van der Waals surface area (Å²) in [5.41, 5.74) is 0.597. The van der Waals surface area contributed by atoms with Gasteiger partial charge in [-0.25, -0.2) is 4.79 Å². The van der Waals surface area contributed by atoms with E-state index in [4.69, 9.17) is 9.84 Å². The number of hydrogen-bond donors (Lipinski definition) is 2. The van der Waals surface area contributed by atoms with Gasteiger partial charge in [-0.15, -0.1) is 0 Å². The molecule has 0 aliphatic rings. The highest BCUT2D eigenvalue weighted by Gasteiger charge is 2.08. The van der Waals surface area contributed by atoms with Crippen molar-refractivity contribution in [2.45, 2.75) is 6.61 Å². The van der Waals surface area contributed by atoms with E-state index in [-0.39, 0.29) is 12.3 Å². The number of carboxylic acid groups (broad SMARTS) is 1. The van der Waals surface area contributed by atoms with Gasteiger partial charge in [-0.05, 0) is 24.3 Å². The SMILES string of the molecule is O=C(O)c1cc(COc2cccc(Br)c2)[nH]n1. The van der Waals surface area contributed by atoms with E-state index in [2.05, 4.69) is 26.1 Å². The Morgan fingerprint density at radius 3 is 2.94 bits per heavy atom. The summed E-state index contributed by atoms with van der Waals surface area (Å²) in [5.74, 6) is -0.360. The molecule has 0 atom stereocenters. The van der Waals surface area contributed by atoms with Crippen LogP contribution in [0.25, 0.3) is 0 Å². The standard InChI is InChI=1S/C11H9BrN2O3/c12-7-2-1-3-9(4-7)17-6-8-5-10(11(15)16)14-13-8/h1-5H,6H2,(H,13,14)(H,15,16). The van der Waals surface area contributed by atoms with Crippen LogP contribution in [0.5, 0.6) is 5.75 Å². The first-order chi connectivity index (χ1) is 8.15. The number of hydrogen-bond acceptors (Lipinski definition) is 3. The lowest BCUT2D eigenvalue weighted by Crippen LogP contribution is -1.96. The summed E-state index contributed by atoms with van der Waals surface area (Å²) in [6.07, 6.45) is 0. The highest BCUT2D eigenvalue weighted by Crippen LogP contribution is 2.18. The first-order valence-electron chi connectivity index (χ1n) is 4.81. The van der Waals surface area contributed by atoms with Crippen LogP contribution in [0.4, 0.5) is 0 Å². The smallest absolute Gasteiger partial charge is 0.356 e. The fraction of sp³-hybridized carbons (Fsp3) is 0.0909. The van der Waals surface area contributed by atoms with Crippen LogP contribution in [0, 0.1) is 0 Å². The predicted octanol–water partition coefficient (Wildman–Crippen LogP) is 2.45. The largest absolute Gasteiger partial charge is 0.487 e. The van der Waals surface area contributed by atoms with Gasteiger partial charge in [-0.3, -0.25) is 5.10 Å². The molecule has 0 unspecified atom stereocenters. The number of nitrogens with zero attached hydrogens (tertiary/aromatic N) is 1. The number of nitrogens with one attached hydrogen (secondary N) is 1. The Balaban J connectivity index is 2.00. The molecule has 1 aromatic heterocycles. The van der Waals surface area contributed by atoms with E-state index in [1.165, 1.54) is 6.07 Å². The van der Waals surface area contributed by atoms with E-state index in [0.29, 0.717) is 11.4 Å². The zero-order chi connectivity index (χ0) is 12.3. The summed E-state index contributed by atoms with van der Waals surface area (Å²) >= 11 is 3.33. The van der Waals surface area contributed by atoms with Crippen molar-refractivity contribution in [3.8, 4) is 5.75 Å². The Bertz CT molecular complexity index is 539. The van der Waals surface area contributed by atoms with Gasteiger partial charge in [0.25, 0.3) is 0 Å². The number of benzene rings is 1. The highest BCUT2D eigenvalue weighted by molar-refractivity contribution is 9.10. The molecule has 2 N–H and O–H groups in total. The van der Waals surface area contributed by atoms with E-state index in [9.17, 15) is 4.79 Å². The van der Waals surface area contributed by atoms with Gasteiger partial charge >= 0.3 is 5.97 Å². The van der Waals surface area contributed by atoms with Crippen LogP contribution in [-0.2, 0) is 6.61 Å². The number of aromatic nitrogens is 2. The summed E-state index contributed by atoms with van der Waals surface area (Å²) in [5, 5.41) is 14.9. The van der Waals surface area contributed by atoms with Crippen LogP contribution < -0.4 is 4.74 Å². The number of H-pyrrole nitrogens is 1. The molecule has 0 saturated carbocycles. The fourth-order valence-corrected chi connectivity index (χ4v) is 1.64. The van der Waals surface area contributed by atoms with E-state index < -0.39 is 5.97 Å². The molecule has 0 aliphatic heterocycles. The van der Waals surface area contributed by atoms with Gasteiger partial charge in [-0.1, -0.05) is 22.0 Å². The van der Waals surface area contributed by atoms with Gasteiger partial charge in [0.2, 0.25) is 0 Å². The van der Waals surface area contributed by atoms with Gasteiger partial charge < -0.3 is 9.84 Å². The molecular weight excluding hydrogens is 288 g/mol. The molecule has 1 aromatic carbocycles. The first-order valence-corrected chi connectivity index (χ1v) is 5.60. The molecular formula is C11H9BrN2O3. The molecule has 6 heteroatoms. The van der Waals surface area contributed by atoms with Crippen molar-refractivity contribution >= 4 is 21.9 Å². The molecule has 5 nitrogen and oxygen atoms in total. The summed E-state index contributed by atoms with van der Waals surface area (Å²) < 4.78 is 6.39. The fourth-order valence-electron chi connectivity index (χ4n) is 1.26.